The van der Waals surface area contributed by atoms with Crippen molar-refractivity contribution in [2.24, 2.45) is 0 Å². The SMILES string of the molecule is Cc1ccc(S(=O)(=O)c2ccc3c(c2)C2(c4ccccc4-c4ccc(S(=O)(=O)c5ccccc5)cc42)c2ccccc2-3)cc1. The second-order valence-electron chi connectivity index (χ2n) is 11.4. The first kappa shape index (κ1) is 26.8. The summed E-state index contributed by atoms with van der Waals surface area (Å²) in [7, 11) is -7.64. The summed E-state index contributed by atoms with van der Waals surface area (Å²) in [5.41, 5.74) is 7.59. The Morgan fingerprint density at radius 3 is 1.27 bits per heavy atom. The fourth-order valence-electron chi connectivity index (χ4n) is 7.02. The van der Waals surface area contributed by atoms with E-state index in [0.717, 1.165) is 50.1 Å². The molecule has 0 saturated heterocycles. The standard InChI is InChI=1S/C38H26O4S2/c1-25-15-17-27(18-16-25)44(41,42)29-20-22-33-31-12-6-8-14-35(31)38(37(33)24-29)34-13-7-5-11-30(34)32-21-19-28(23-36(32)38)43(39,40)26-9-3-2-4-10-26/h2-24H,1H3. The van der Waals surface area contributed by atoms with Crippen molar-refractivity contribution in [3.8, 4) is 22.3 Å². The van der Waals surface area contributed by atoms with Crippen LogP contribution in [0.2, 0.25) is 0 Å². The second-order valence-corrected chi connectivity index (χ2v) is 15.3. The van der Waals surface area contributed by atoms with Crippen LogP contribution in [0, 0.1) is 6.92 Å². The van der Waals surface area contributed by atoms with Gasteiger partial charge in [0.2, 0.25) is 19.7 Å². The minimum atomic E-state index is -3.83. The zero-order valence-electron chi connectivity index (χ0n) is 23.7. The van der Waals surface area contributed by atoms with Crippen molar-refractivity contribution >= 4 is 19.7 Å². The molecule has 0 radical (unpaired) electrons. The Balaban J connectivity index is 1.44. The lowest BCUT2D eigenvalue weighted by atomic mass is 9.70. The minimum absolute atomic E-state index is 0.198. The van der Waals surface area contributed by atoms with Crippen LogP contribution in [0.1, 0.15) is 27.8 Å². The molecule has 6 aromatic rings. The molecule has 1 unspecified atom stereocenters. The van der Waals surface area contributed by atoms with Gasteiger partial charge in [-0.15, -0.1) is 0 Å². The molecule has 0 amide bonds. The van der Waals surface area contributed by atoms with E-state index >= 15 is 0 Å². The van der Waals surface area contributed by atoms with Gasteiger partial charge < -0.3 is 0 Å². The number of hydrogen-bond donors (Lipinski definition) is 0. The molecule has 0 saturated carbocycles. The summed E-state index contributed by atoms with van der Waals surface area (Å²) < 4.78 is 55.7. The lowest BCUT2D eigenvalue weighted by molar-refractivity contribution is 0.594. The van der Waals surface area contributed by atoms with E-state index in [1.54, 1.807) is 78.9 Å². The summed E-state index contributed by atoms with van der Waals surface area (Å²) >= 11 is 0. The molecule has 2 aliphatic carbocycles. The average molecular weight is 611 g/mol. The van der Waals surface area contributed by atoms with Gasteiger partial charge in [-0.2, -0.15) is 0 Å². The molecule has 0 heterocycles. The van der Waals surface area contributed by atoms with Crippen LogP contribution in [-0.2, 0) is 25.1 Å². The van der Waals surface area contributed by atoms with Gasteiger partial charge in [0.15, 0.2) is 0 Å². The van der Waals surface area contributed by atoms with Crippen LogP contribution in [0.15, 0.2) is 159 Å². The van der Waals surface area contributed by atoms with Gasteiger partial charge in [-0.3, -0.25) is 0 Å². The van der Waals surface area contributed by atoms with Crippen molar-refractivity contribution in [3.05, 3.63) is 167 Å². The van der Waals surface area contributed by atoms with Crippen LogP contribution in [-0.4, -0.2) is 16.8 Å². The number of benzene rings is 6. The zero-order chi connectivity index (χ0) is 30.3. The highest BCUT2D eigenvalue weighted by molar-refractivity contribution is 7.91. The van der Waals surface area contributed by atoms with E-state index in [0.29, 0.717) is 0 Å². The Kier molecular flexibility index (Phi) is 5.70. The highest BCUT2D eigenvalue weighted by atomic mass is 32.2. The summed E-state index contributed by atoms with van der Waals surface area (Å²) in [6.45, 7) is 1.92. The second kappa shape index (κ2) is 9.36. The zero-order valence-corrected chi connectivity index (χ0v) is 25.4. The predicted molar refractivity (Wildman–Crippen MR) is 171 cm³/mol. The molecule has 6 heteroatoms. The molecular formula is C38H26O4S2. The Hall–Kier alpha value is -4.78. The smallest absolute Gasteiger partial charge is 0.206 e. The van der Waals surface area contributed by atoms with Crippen molar-refractivity contribution in [2.45, 2.75) is 31.9 Å². The quantitative estimate of drug-likeness (QED) is 0.203. The van der Waals surface area contributed by atoms with Crippen molar-refractivity contribution in [2.75, 3.05) is 0 Å². The lowest BCUT2D eigenvalue weighted by Crippen LogP contribution is -2.26. The molecule has 44 heavy (non-hydrogen) atoms. The van der Waals surface area contributed by atoms with E-state index in [1.807, 2.05) is 43.3 Å². The highest BCUT2D eigenvalue weighted by Crippen LogP contribution is 2.63. The van der Waals surface area contributed by atoms with Gasteiger partial charge in [-0.25, -0.2) is 16.8 Å². The normalized spacial score (nSPS) is 16.3. The molecule has 8 rings (SSSR count). The molecule has 2 aliphatic rings. The topological polar surface area (TPSA) is 68.3 Å². The van der Waals surface area contributed by atoms with Gasteiger partial charge in [0.1, 0.15) is 0 Å². The third kappa shape index (κ3) is 3.55. The largest absolute Gasteiger partial charge is 0.219 e. The number of sulfone groups is 2. The fraction of sp³-hybridized carbons (Fsp3) is 0.0526. The van der Waals surface area contributed by atoms with Crippen LogP contribution in [0.3, 0.4) is 0 Å². The molecule has 0 aliphatic heterocycles. The molecule has 4 nitrogen and oxygen atoms in total. The molecular weight excluding hydrogens is 585 g/mol. The third-order valence-electron chi connectivity index (χ3n) is 9.04. The predicted octanol–water partition coefficient (Wildman–Crippen LogP) is 8.00. The molecule has 0 aromatic heterocycles. The molecule has 214 valence electrons. The third-order valence-corrected chi connectivity index (χ3v) is 12.6. The maximum atomic E-state index is 14.0. The molecule has 0 fully saturated rings. The molecule has 0 bridgehead atoms. The van der Waals surface area contributed by atoms with Crippen LogP contribution in [0.4, 0.5) is 0 Å². The summed E-state index contributed by atoms with van der Waals surface area (Å²) in [4.78, 5) is 0.856. The van der Waals surface area contributed by atoms with Crippen LogP contribution in [0.5, 0.6) is 0 Å². The number of hydrogen-bond acceptors (Lipinski definition) is 4. The molecule has 0 N–H and O–H groups in total. The Morgan fingerprint density at radius 1 is 0.386 bits per heavy atom. The van der Waals surface area contributed by atoms with E-state index in [4.69, 9.17) is 0 Å². The Bertz CT molecular complexity index is 2350. The Labute approximate surface area is 257 Å². The van der Waals surface area contributed by atoms with Crippen molar-refractivity contribution in [1.29, 1.82) is 0 Å². The van der Waals surface area contributed by atoms with E-state index in [-0.39, 0.29) is 19.6 Å². The summed E-state index contributed by atoms with van der Waals surface area (Å²) in [6.07, 6.45) is 0. The van der Waals surface area contributed by atoms with Crippen LogP contribution >= 0.6 is 0 Å². The van der Waals surface area contributed by atoms with Gasteiger partial charge in [-0.05, 0) is 100.0 Å². The van der Waals surface area contributed by atoms with Crippen LogP contribution in [0.25, 0.3) is 22.3 Å². The van der Waals surface area contributed by atoms with Crippen molar-refractivity contribution in [3.63, 3.8) is 0 Å². The number of rotatable bonds is 4. The van der Waals surface area contributed by atoms with E-state index in [1.165, 1.54) is 0 Å². The van der Waals surface area contributed by atoms with Gasteiger partial charge in [0, 0.05) is 0 Å². The van der Waals surface area contributed by atoms with Gasteiger partial charge in [0.05, 0.1) is 25.0 Å². The monoisotopic (exact) mass is 610 g/mol. The van der Waals surface area contributed by atoms with Crippen molar-refractivity contribution < 1.29 is 16.8 Å². The van der Waals surface area contributed by atoms with Crippen molar-refractivity contribution in [1.82, 2.24) is 0 Å². The van der Waals surface area contributed by atoms with E-state index < -0.39 is 25.1 Å². The molecule has 1 atom stereocenters. The summed E-state index contributed by atoms with van der Waals surface area (Å²) in [5, 5.41) is 0. The Morgan fingerprint density at radius 2 is 0.773 bits per heavy atom. The summed E-state index contributed by atoms with van der Waals surface area (Å²) in [5.74, 6) is 0. The summed E-state index contributed by atoms with van der Waals surface area (Å²) in [6, 6.07) is 42.3. The number of aryl methyl sites for hydroxylation is 1. The average Bonchev–Trinajstić information content (AvgIpc) is 3.52. The van der Waals surface area contributed by atoms with Gasteiger partial charge >= 0.3 is 0 Å². The van der Waals surface area contributed by atoms with E-state index in [9.17, 15) is 16.8 Å². The number of fused-ring (bicyclic) bond motifs is 10. The minimum Gasteiger partial charge on any atom is -0.219 e. The molecule has 6 aromatic carbocycles. The highest BCUT2D eigenvalue weighted by Gasteiger charge is 2.52. The van der Waals surface area contributed by atoms with Crippen LogP contribution < -0.4 is 0 Å². The lowest BCUT2D eigenvalue weighted by Gasteiger charge is -2.31. The first-order chi connectivity index (χ1) is 21.2. The van der Waals surface area contributed by atoms with Gasteiger partial charge in [0.25, 0.3) is 0 Å². The maximum absolute atomic E-state index is 14.0. The fourth-order valence-corrected chi connectivity index (χ4v) is 9.62. The molecule has 1 spiro atoms. The van der Waals surface area contributed by atoms with Gasteiger partial charge in [-0.1, -0.05) is 96.6 Å². The maximum Gasteiger partial charge on any atom is 0.206 e. The first-order valence-electron chi connectivity index (χ1n) is 14.3. The van der Waals surface area contributed by atoms with E-state index in [2.05, 4.69) is 24.3 Å². The first-order valence-corrected chi connectivity index (χ1v) is 17.3.